The zero-order chi connectivity index (χ0) is 28.3. The summed E-state index contributed by atoms with van der Waals surface area (Å²) in [6, 6.07) is 15.5. The van der Waals surface area contributed by atoms with Gasteiger partial charge in [-0.1, -0.05) is 60.1 Å². The van der Waals surface area contributed by atoms with Crippen molar-refractivity contribution in [3.05, 3.63) is 81.8 Å². The predicted molar refractivity (Wildman–Crippen MR) is 149 cm³/mol. The molecule has 0 aliphatic rings. The van der Waals surface area contributed by atoms with E-state index in [4.69, 9.17) is 27.9 Å². The van der Waals surface area contributed by atoms with E-state index >= 15 is 0 Å². The number of azo groups is 1. The molecule has 0 unspecified atom stereocenters. The van der Waals surface area contributed by atoms with Crippen molar-refractivity contribution >= 4 is 67.1 Å². The number of carbonyl (C=O) groups is 1. The second-order valence-corrected chi connectivity index (χ2v) is 10.5. The van der Waals surface area contributed by atoms with Gasteiger partial charge in [0.2, 0.25) is 0 Å². The molecule has 40 heavy (non-hydrogen) atoms. The van der Waals surface area contributed by atoms with Gasteiger partial charge in [-0.3, -0.25) is 9.35 Å². The average molecular weight is 610 g/mol. The zero-order valence-corrected chi connectivity index (χ0v) is 26.1. The van der Waals surface area contributed by atoms with Crippen LogP contribution in [0, 0.1) is 0 Å². The van der Waals surface area contributed by atoms with Crippen LogP contribution in [0.2, 0.25) is 10.0 Å². The molecule has 4 aromatic carbocycles. The summed E-state index contributed by atoms with van der Waals surface area (Å²) in [4.78, 5) is 12.7. The topological polar surface area (TPSA) is 140 Å². The van der Waals surface area contributed by atoms with Gasteiger partial charge < -0.3 is 15.2 Å². The normalized spacial score (nSPS) is 11.4. The first-order valence-corrected chi connectivity index (χ1v) is 13.9. The van der Waals surface area contributed by atoms with Crippen LogP contribution in [0.25, 0.3) is 10.8 Å². The molecule has 0 saturated heterocycles. The Labute approximate surface area is 263 Å². The summed E-state index contributed by atoms with van der Waals surface area (Å²) < 4.78 is 39.4. The molecule has 4 aromatic rings. The number of amides is 1. The molecule has 0 saturated carbocycles. The van der Waals surface area contributed by atoms with Gasteiger partial charge in [-0.2, -0.15) is 13.5 Å². The van der Waals surface area contributed by atoms with Crippen molar-refractivity contribution < 1.29 is 57.2 Å². The van der Waals surface area contributed by atoms with Crippen molar-refractivity contribution in [3.63, 3.8) is 0 Å². The molecule has 2 N–H and O–H groups in total. The van der Waals surface area contributed by atoms with Gasteiger partial charge >= 0.3 is 29.6 Å². The molecule has 1 amide bonds. The van der Waals surface area contributed by atoms with Crippen LogP contribution in [-0.2, 0) is 16.5 Å². The van der Waals surface area contributed by atoms with Crippen LogP contribution in [-0.4, -0.2) is 25.5 Å². The molecule has 0 aliphatic heterocycles. The SMILES string of the molecule is CCOc1ccc(NC(=O)c2cc3ccccc3c(N=Nc3cc(Cl)cc(CC)c3S(=O)(=O)O)c2[O-])c(Cl)c1.[Na+]. The van der Waals surface area contributed by atoms with Gasteiger partial charge in [0.05, 0.1) is 23.0 Å². The van der Waals surface area contributed by atoms with E-state index in [0.29, 0.717) is 23.1 Å². The molecular formula is C27H22Cl2N3NaO6S. The molecule has 0 aliphatic carbocycles. The maximum Gasteiger partial charge on any atom is 1.00 e. The first-order chi connectivity index (χ1) is 18.5. The third-order valence-corrected chi connectivity index (χ3v) is 7.25. The molecule has 0 heterocycles. The van der Waals surface area contributed by atoms with Crippen molar-refractivity contribution in [2.24, 2.45) is 10.2 Å². The Bertz CT molecular complexity index is 1730. The fourth-order valence-corrected chi connectivity index (χ4v) is 5.35. The summed E-state index contributed by atoms with van der Waals surface area (Å²) in [5, 5.41) is 25.4. The number of hydrogen-bond donors (Lipinski definition) is 2. The molecule has 4 rings (SSSR count). The van der Waals surface area contributed by atoms with Gasteiger partial charge in [-0.15, -0.1) is 5.11 Å². The van der Waals surface area contributed by atoms with Gasteiger partial charge in [0.15, 0.2) is 0 Å². The van der Waals surface area contributed by atoms with Gasteiger partial charge in [0.25, 0.3) is 16.0 Å². The number of benzene rings is 4. The number of nitrogens with zero attached hydrogens (tertiary/aromatic N) is 2. The molecule has 0 bridgehead atoms. The zero-order valence-electron chi connectivity index (χ0n) is 21.7. The second-order valence-electron chi connectivity index (χ2n) is 8.29. The van der Waals surface area contributed by atoms with Crippen LogP contribution in [0.15, 0.2) is 75.8 Å². The first kappa shape index (κ1) is 31.8. The van der Waals surface area contributed by atoms with Crippen molar-refractivity contribution in [1.29, 1.82) is 0 Å². The number of halogens is 2. The number of fused-ring (bicyclic) bond motifs is 1. The second kappa shape index (κ2) is 13.3. The average Bonchev–Trinajstić information content (AvgIpc) is 2.88. The fourth-order valence-electron chi connectivity index (χ4n) is 3.99. The van der Waals surface area contributed by atoms with E-state index in [9.17, 15) is 22.9 Å². The Morgan fingerprint density at radius 2 is 1.77 bits per heavy atom. The summed E-state index contributed by atoms with van der Waals surface area (Å²) in [6.07, 6.45) is 0.234. The maximum atomic E-state index is 13.5. The number of ether oxygens (including phenoxy) is 1. The summed E-state index contributed by atoms with van der Waals surface area (Å²) in [6.45, 7) is 3.95. The van der Waals surface area contributed by atoms with Crippen molar-refractivity contribution in [3.8, 4) is 11.5 Å². The molecule has 13 heteroatoms. The van der Waals surface area contributed by atoms with Crippen molar-refractivity contribution in [1.82, 2.24) is 0 Å². The Balaban J connectivity index is 0.00000441. The fraction of sp³-hybridized carbons (Fsp3) is 0.148. The van der Waals surface area contributed by atoms with Gasteiger partial charge in [0.1, 0.15) is 16.3 Å². The molecule has 0 fully saturated rings. The largest absolute Gasteiger partial charge is 1.00 e. The molecule has 0 radical (unpaired) electrons. The molecule has 9 nitrogen and oxygen atoms in total. The van der Waals surface area contributed by atoms with Crippen LogP contribution in [0.1, 0.15) is 29.8 Å². The number of rotatable bonds is 8. The van der Waals surface area contributed by atoms with Crippen LogP contribution >= 0.6 is 23.2 Å². The minimum atomic E-state index is -4.69. The summed E-state index contributed by atoms with van der Waals surface area (Å²) >= 11 is 12.4. The van der Waals surface area contributed by atoms with E-state index in [1.54, 1.807) is 49.4 Å². The Morgan fingerprint density at radius 3 is 2.42 bits per heavy atom. The summed E-state index contributed by atoms with van der Waals surface area (Å²) in [5.41, 5.74) is -0.184. The van der Waals surface area contributed by atoms with E-state index in [0.717, 1.165) is 0 Å². The monoisotopic (exact) mass is 609 g/mol. The molecule has 0 atom stereocenters. The summed E-state index contributed by atoms with van der Waals surface area (Å²) in [7, 11) is -4.69. The van der Waals surface area contributed by atoms with Crippen molar-refractivity contribution in [2.45, 2.75) is 25.2 Å². The minimum absolute atomic E-state index is 0. The number of aryl methyl sites for hydroxylation is 1. The molecule has 202 valence electrons. The Hall–Kier alpha value is -2.70. The Morgan fingerprint density at radius 1 is 1.05 bits per heavy atom. The van der Waals surface area contributed by atoms with Crippen molar-refractivity contribution in [2.75, 3.05) is 11.9 Å². The number of nitrogens with one attached hydrogen (secondary N) is 1. The van der Waals surface area contributed by atoms with Gasteiger partial charge in [0, 0.05) is 22.0 Å². The molecule has 0 aromatic heterocycles. The standard InChI is InChI=1S/C27H23Cl2N3O6S.Na/c1-3-15-11-17(28)13-23(26(15)39(35,36)37)31-32-24-19-8-6-5-7-16(19)12-20(25(24)33)27(34)30-22-10-9-18(38-4-2)14-21(22)29;/h5-14,33H,3-4H2,1-2H3,(H,30,34)(H,35,36,37);/q;+1/p-1. The van der Waals surface area contributed by atoms with Crippen LogP contribution in [0.5, 0.6) is 11.5 Å². The number of hydrogen-bond acceptors (Lipinski definition) is 7. The van der Waals surface area contributed by atoms with Gasteiger partial charge in [-0.05, 0) is 54.6 Å². The van der Waals surface area contributed by atoms with E-state index in [-0.39, 0.29) is 74.2 Å². The first-order valence-electron chi connectivity index (χ1n) is 11.7. The summed E-state index contributed by atoms with van der Waals surface area (Å²) in [5.74, 6) is -0.957. The predicted octanol–water partition coefficient (Wildman–Crippen LogP) is 4.10. The minimum Gasteiger partial charge on any atom is -0.870 e. The van der Waals surface area contributed by atoms with Crippen LogP contribution in [0.3, 0.4) is 0 Å². The Kier molecular flexibility index (Phi) is 10.6. The smallest absolute Gasteiger partial charge is 0.870 e. The number of carbonyl (C=O) groups excluding carboxylic acids is 1. The quantitative estimate of drug-likeness (QED) is 0.175. The molecule has 0 spiro atoms. The van der Waals surface area contributed by atoms with Crippen LogP contribution < -0.4 is 44.7 Å². The van der Waals surface area contributed by atoms with Gasteiger partial charge in [-0.25, -0.2) is 0 Å². The third kappa shape index (κ3) is 6.95. The van der Waals surface area contributed by atoms with E-state index in [1.807, 2.05) is 6.92 Å². The van der Waals surface area contributed by atoms with E-state index < -0.39 is 26.7 Å². The number of anilines is 1. The van der Waals surface area contributed by atoms with E-state index in [1.165, 1.54) is 18.2 Å². The van der Waals surface area contributed by atoms with E-state index in [2.05, 4.69) is 15.5 Å². The van der Waals surface area contributed by atoms with Crippen LogP contribution in [0.4, 0.5) is 17.1 Å². The maximum absolute atomic E-state index is 13.5. The molecular weight excluding hydrogens is 588 g/mol. The third-order valence-electron chi connectivity index (χ3n) is 5.73.